The molecule has 0 bridgehead atoms. The van der Waals surface area contributed by atoms with Crippen LogP contribution in [0.15, 0.2) is 12.3 Å². The van der Waals surface area contributed by atoms with Gasteiger partial charge >= 0.3 is 0 Å². The maximum Gasteiger partial charge on any atom is 0.106 e. The van der Waals surface area contributed by atoms with E-state index in [1.807, 2.05) is 20.8 Å². The summed E-state index contributed by atoms with van der Waals surface area (Å²) in [5, 5.41) is 0. The Morgan fingerprint density at radius 2 is 1.71 bits per heavy atom. The lowest BCUT2D eigenvalue weighted by Gasteiger charge is -2.22. The van der Waals surface area contributed by atoms with E-state index in [2.05, 4.69) is 27.4 Å². The Kier molecular flexibility index (Phi) is 10.3. The third-order valence-corrected chi connectivity index (χ3v) is 2.02. The van der Waals surface area contributed by atoms with Crippen LogP contribution in [0.1, 0.15) is 48.0 Å². The molecule has 2 unspecified atom stereocenters. The fourth-order valence-corrected chi connectivity index (χ4v) is 0.792. The fraction of sp³-hybridized carbons (Fsp3) is 0.833. The highest BCUT2D eigenvalue weighted by molar-refractivity contribution is 4.97. The predicted molar refractivity (Wildman–Crippen MR) is 64.1 cm³/mol. The summed E-state index contributed by atoms with van der Waals surface area (Å²) in [6.45, 7) is 16.1. The Hall–Kier alpha value is -0.500. The second-order valence-electron chi connectivity index (χ2n) is 3.57. The van der Waals surface area contributed by atoms with Crippen LogP contribution in [-0.2, 0) is 4.74 Å². The molecule has 0 aliphatic heterocycles. The van der Waals surface area contributed by atoms with E-state index in [1.54, 1.807) is 0 Å². The summed E-state index contributed by atoms with van der Waals surface area (Å²) in [5.41, 5.74) is 5.84. The number of hydrogen-bond acceptors (Lipinski definition) is 2. The van der Waals surface area contributed by atoms with Gasteiger partial charge in [-0.05, 0) is 19.3 Å². The van der Waals surface area contributed by atoms with Gasteiger partial charge in [-0.25, -0.2) is 0 Å². The second-order valence-corrected chi connectivity index (χ2v) is 3.57. The average molecular weight is 201 g/mol. The molecule has 2 heteroatoms. The predicted octanol–water partition coefficient (Wildman–Crippen LogP) is 3.32. The molecule has 2 atom stereocenters. The standard InChI is InChI=1S/C10H21NO.C2H6/c1-6-8(4)12-9(5)10(11)7(2)3;1-2/h7-8,10H,5-6,11H2,1-4H3;1-2H3. The van der Waals surface area contributed by atoms with Crippen LogP contribution >= 0.6 is 0 Å². The van der Waals surface area contributed by atoms with Crippen LogP contribution in [0.3, 0.4) is 0 Å². The van der Waals surface area contributed by atoms with Crippen molar-refractivity contribution in [1.29, 1.82) is 0 Å². The van der Waals surface area contributed by atoms with Crippen LogP contribution in [0.25, 0.3) is 0 Å². The van der Waals surface area contributed by atoms with Crippen LogP contribution in [-0.4, -0.2) is 12.1 Å². The van der Waals surface area contributed by atoms with E-state index in [0.717, 1.165) is 6.42 Å². The molecular weight excluding hydrogens is 174 g/mol. The summed E-state index contributed by atoms with van der Waals surface area (Å²) in [5.74, 6) is 1.10. The van der Waals surface area contributed by atoms with Crippen LogP contribution < -0.4 is 5.73 Å². The minimum atomic E-state index is -0.0426. The van der Waals surface area contributed by atoms with Crippen molar-refractivity contribution in [1.82, 2.24) is 0 Å². The molecule has 0 aromatic rings. The molecule has 0 aromatic carbocycles. The summed E-state index contributed by atoms with van der Waals surface area (Å²) in [7, 11) is 0. The first-order chi connectivity index (χ1) is 6.49. The fourth-order valence-electron chi connectivity index (χ4n) is 0.792. The molecule has 0 radical (unpaired) electrons. The van der Waals surface area contributed by atoms with Crippen molar-refractivity contribution < 1.29 is 4.74 Å². The third-order valence-electron chi connectivity index (χ3n) is 2.02. The normalized spacial score (nSPS) is 14.0. The van der Waals surface area contributed by atoms with E-state index in [0.29, 0.717) is 11.7 Å². The first-order valence-electron chi connectivity index (χ1n) is 5.60. The van der Waals surface area contributed by atoms with Gasteiger partial charge in [-0.1, -0.05) is 41.2 Å². The number of ether oxygens (including phenoxy) is 1. The van der Waals surface area contributed by atoms with Crippen molar-refractivity contribution in [2.45, 2.75) is 60.1 Å². The van der Waals surface area contributed by atoms with Gasteiger partial charge < -0.3 is 10.5 Å². The quantitative estimate of drug-likeness (QED) is 0.692. The van der Waals surface area contributed by atoms with Crippen LogP contribution in [0.5, 0.6) is 0 Å². The lowest BCUT2D eigenvalue weighted by atomic mass is 10.0. The number of rotatable bonds is 5. The van der Waals surface area contributed by atoms with Crippen molar-refractivity contribution in [2.75, 3.05) is 0 Å². The van der Waals surface area contributed by atoms with E-state index < -0.39 is 0 Å². The van der Waals surface area contributed by atoms with Crippen molar-refractivity contribution >= 4 is 0 Å². The number of hydrogen-bond donors (Lipinski definition) is 1. The van der Waals surface area contributed by atoms with E-state index in [-0.39, 0.29) is 12.1 Å². The van der Waals surface area contributed by atoms with E-state index >= 15 is 0 Å². The molecule has 0 saturated heterocycles. The van der Waals surface area contributed by atoms with Gasteiger partial charge in [0, 0.05) is 0 Å². The second kappa shape index (κ2) is 9.07. The van der Waals surface area contributed by atoms with Gasteiger partial charge in [0.15, 0.2) is 0 Å². The zero-order chi connectivity index (χ0) is 11.7. The summed E-state index contributed by atoms with van der Waals surface area (Å²) < 4.78 is 5.50. The first kappa shape index (κ1) is 15.9. The molecule has 2 N–H and O–H groups in total. The van der Waals surface area contributed by atoms with Gasteiger partial charge in [-0.3, -0.25) is 0 Å². The third kappa shape index (κ3) is 6.96. The smallest absolute Gasteiger partial charge is 0.106 e. The lowest BCUT2D eigenvalue weighted by molar-refractivity contribution is 0.110. The molecule has 2 nitrogen and oxygen atoms in total. The topological polar surface area (TPSA) is 35.2 Å². The summed E-state index contributed by atoms with van der Waals surface area (Å²) in [4.78, 5) is 0. The number of nitrogens with two attached hydrogens (primary N) is 1. The minimum absolute atomic E-state index is 0.0426. The molecule has 0 rings (SSSR count). The van der Waals surface area contributed by atoms with Gasteiger partial charge in [0.2, 0.25) is 0 Å². The van der Waals surface area contributed by atoms with Crippen LogP contribution in [0, 0.1) is 5.92 Å². The van der Waals surface area contributed by atoms with E-state index in [1.165, 1.54) is 0 Å². The van der Waals surface area contributed by atoms with Crippen molar-refractivity contribution in [3.8, 4) is 0 Å². The van der Waals surface area contributed by atoms with Crippen molar-refractivity contribution in [3.63, 3.8) is 0 Å². The van der Waals surface area contributed by atoms with E-state index in [9.17, 15) is 0 Å². The van der Waals surface area contributed by atoms with E-state index in [4.69, 9.17) is 10.5 Å². The first-order valence-corrected chi connectivity index (χ1v) is 5.60. The highest BCUT2D eigenvalue weighted by atomic mass is 16.5. The zero-order valence-electron chi connectivity index (χ0n) is 10.6. The molecule has 0 aliphatic rings. The molecule has 0 saturated carbocycles. The van der Waals surface area contributed by atoms with Crippen molar-refractivity contribution in [2.24, 2.45) is 11.7 Å². The molecule has 0 fully saturated rings. The SMILES string of the molecule is C=C(OC(C)CC)C(N)C(C)C.CC. The lowest BCUT2D eigenvalue weighted by Crippen LogP contribution is -2.30. The monoisotopic (exact) mass is 201 g/mol. The van der Waals surface area contributed by atoms with Gasteiger partial charge in [0.25, 0.3) is 0 Å². The van der Waals surface area contributed by atoms with Gasteiger partial charge in [0.05, 0.1) is 12.1 Å². The van der Waals surface area contributed by atoms with Crippen molar-refractivity contribution in [3.05, 3.63) is 12.3 Å². The highest BCUT2D eigenvalue weighted by Crippen LogP contribution is 2.12. The highest BCUT2D eigenvalue weighted by Gasteiger charge is 2.14. The largest absolute Gasteiger partial charge is 0.494 e. The summed E-state index contributed by atoms with van der Waals surface area (Å²) in [6, 6.07) is -0.0426. The Balaban J connectivity index is 0. The maximum atomic E-state index is 5.84. The molecule has 0 aromatic heterocycles. The Bertz CT molecular complexity index is 143. The molecule has 86 valence electrons. The Morgan fingerprint density at radius 3 is 2.00 bits per heavy atom. The zero-order valence-corrected chi connectivity index (χ0v) is 10.6. The molecule has 14 heavy (non-hydrogen) atoms. The Labute approximate surface area is 89.5 Å². The molecule has 0 aliphatic carbocycles. The molecule has 0 amide bonds. The summed E-state index contributed by atoms with van der Waals surface area (Å²) >= 11 is 0. The molecular formula is C12H27NO. The average Bonchev–Trinajstić information content (AvgIpc) is 2.19. The minimum Gasteiger partial charge on any atom is -0.494 e. The molecule has 0 heterocycles. The van der Waals surface area contributed by atoms with Crippen LogP contribution in [0.2, 0.25) is 0 Å². The maximum absolute atomic E-state index is 5.84. The summed E-state index contributed by atoms with van der Waals surface area (Å²) in [6.07, 6.45) is 1.21. The van der Waals surface area contributed by atoms with Gasteiger partial charge in [-0.2, -0.15) is 0 Å². The molecule has 0 spiro atoms. The van der Waals surface area contributed by atoms with Gasteiger partial charge in [-0.15, -0.1) is 0 Å². The van der Waals surface area contributed by atoms with Gasteiger partial charge in [0.1, 0.15) is 5.76 Å². The van der Waals surface area contributed by atoms with Crippen LogP contribution in [0.4, 0.5) is 0 Å². The Morgan fingerprint density at radius 1 is 1.29 bits per heavy atom.